The van der Waals surface area contributed by atoms with Gasteiger partial charge in [-0.05, 0) is 38.1 Å². The minimum atomic E-state index is -0.292. The van der Waals surface area contributed by atoms with Crippen molar-refractivity contribution in [2.75, 3.05) is 13.7 Å². The van der Waals surface area contributed by atoms with Crippen LogP contribution in [-0.4, -0.2) is 24.7 Å². The molecule has 1 aromatic heterocycles. The lowest BCUT2D eigenvalue weighted by Crippen LogP contribution is -2.04. The zero-order chi connectivity index (χ0) is 13.8. The summed E-state index contributed by atoms with van der Waals surface area (Å²) in [5.74, 6) is 0.496. The molecular weight excluding hydrogens is 242 g/mol. The number of ether oxygens (including phenoxy) is 2. The Bertz CT molecular complexity index is 625. The summed E-state index contributed by atoms with van der Waals surface area (Å²) < 4.78 is 10.2. The zero-order valence-electron chi connectivity index (χ0n) is 11.3. The Hall–Kier alpha value is -2.23. The molecule has 0 fully saturated rings. The highest BCUT2D eigenvalue weighted by Crippen LogP contribution is 2.25. The standard InChI is InChI=1S/C15H17NO3/c1-4-19-15(17)10(2)7-11-9-16-14-6-5-12(18-3)8-13(11)14/h5-9,16H,4H2,1-3H3/b10-7+. The third kappa shape index (κ3) is 2.78. The SMILES string of the molecule is CCOC(=O)/C(C)=C/c1c[nH]c2ccc(OC)cc12. The summed E-state index contributed by atoms with van der Waals surface area (Å²) in [7, 11) is 1.63. The summed E-state index contributed by atoms with van der Waals surface area (Å²) in [4.78, 5) is 14.8. The smallest absolute Gasteiger partial charge is 0.333 e. The first-order chi connectivity index (χ1) is 9.15. The number of fused-ring (bicyclic) bond motifs is 1. The van der Waals surface area contributed by atoms with Crippen molar-refractivity contribution in [3.05, 3.63) is 35.5 Å². The van der Waals surface area contributed by atoms with Crippen LogP contribution in [0.5, 0.6) is 5.75 Å². The number of carbonyl (C=O) groups is 1. The summed E-state index contributed by atoms with van der Waals surface area (Å²) in [5.41, 5.74) is 2.52. The van der Waals surface area contributed by atoms with Crippen molar-refractivity contribution in [1.29, 1.82) is 0 Å². The average Bonchev–Trinajstić information content (AvgIpc) is 2.81. The van der Waals surface area contributed by atoms with E-state index in [1.807, 2.05) is 30.5 Å². The van der Waals surface area contributed by atoms with Crippen molar-refractivity contribution in [2.45, 2.75) is 13.8 Å². The fourth-order valence-corrected chi connectivity index (χ4v) is 1.90. The minimum absolute atomic E-state index is 0.292. The molecule has 0 bridgehead atoms. The van der Waals surface area contributed by atoms with Crippen LogP contribution < -0.4 is 4.74 Å². The number of esters is 1. The van der Waals surface area contributed by atoms with Gasteiger partial charge >= 0.3 is 5.97 Å². The molecule has 0 saturated heterocycles. The zero-order valence-corrected chi connectivity index (χ0v) is 11.3. The summed E-state index contributed by atoms with van der Waals surface area (Å²) >= 11 is 0. The van der Waals surface area contributed by atoms with Crippen molar-refractivity contribution in [1.82, 2.24) is 4.98 Å². The number of methoxy groups -OCH3 is 1. The summed E-state index contributed by atoms with van der Waals surface area (Å²) in [6, 6.07) is 5.78. The van der Waals surface area contributed by atoms with Crippen LogP contribution in [0.1, 0.15) is 19.4 Å². The second kappa shape index (κ2) is 5.61. The van der Waals surface area contributed by atoms with Gasteiger partial charge in [0.2, 0.25) is 0 Å². The number of aromatic amines is 1. The lowest BCUT2D eigenvalue weighted by Gasteiger charge is -2.02. The van der Waals surface area contributed by atoms with E-state index in [0.717, 1.165) is 22.2 Å². The molecule has 1 aromatic carbocycles. The van der Waals surface area contributed by atoms with Gasteiger partial charge in [-0.3, -0.25) is 0 Å². The van der Waals surface area contributed by atoms with Gasteiger partial charge in [-0.1, -0.05) is 0 Å². The van der Waals surface area contributed by atoms with Crippen LogP contribution in [0.2, 0.25) is 0 Å². The number of nitrogens with one attached hydrogen (secondary N) is 1. The van der Waals surface area contributed by atoms with Crippen molar-refractivity contribution < 1.29 is 14.3 Å². The highest BCUT2D eigenvalue weighted by molar-refractivity contribution is 5.97. The second-order valence-electron chi connectivity index (χ2n) is 4.20. The van der Waals surface area contributed by atoms with E-state index in [9.17, 15) is 4.79 Å². The molecule has 0 spiro atoms. The van der Waals surface area contributed by atoms with Crippen LogP contribution in [0.3, 0.4) is 0 Å². The Kier molecular flexibility index (Phi) is 3.90. The molecule has 4 nitrogen and oxygen atoms in total. The van der Waals surface area contributed by atoms with E-state index in [1.54, 1.807) is 21.0 Å². The average molecular weight is 259 g/mol. The molecule has 19 heavy (non-hydrogen) atoms. The van der Waals surface area contributed by atoms with Crippen molar-refractivity contribution in [3.8, 4) is 5.75 Å². The molecule has 2 rings (SSSR count). The summed E-state index contributed by atoms with van der Waals surface area (Å²) in [5, 5.41) is 1.02. The van der Waals surface area contributed by atoms with E-state index in [-0.39, 0.29) is 5.97 Å². The highest BCUT2D eigenvalue weighted by Gasteiger charge is 2.08. The largest absolute Gasteiger partial charge is 0.497 e. The van der Waals surface area contributed by atoms with E-state index in [2.05, 4.69) is 4.98 Å². The van der Waals surface area contributed by atoms with E-state index in [0.29, 0.717) is 12.2 Å². The maximum absolute atomic E-state index is 11.6. The molecular formula is C15H17NO3. The Morgan fingerprint density at radius 1 is 1.42 bits per heavy atom. The number of hydrogen-bond donors (Lipinski definition) is 1. The van der Waals surface area contributed by atoms with Gasteiger partial charge < -0.3 is 14.5 Å². The van der Waals surface area contributed by atoms with E-state index >= 15 is 0 Å². The topological polar surface area (TPSA) is 51.3 Å². The van der Waals surface area contributed by atoms with Crippen molar-refractivity contribution >= 4 is 22.9 Å². The van der Waals surface area contributed by atoms with Crippen molar-refractivity contribution in [2.24, 2.45) is 0 Å². The molecule has 1 heterocycles. The predicted octanol–water partition coefficient (Wildman–Crippen LogP) is 3.14. The number of aromatic nitrogens is 1. The quantitative estimate of drug-likeness (QED) is 0.678. The second-order valence-corrected chi connectivity index (χ2v) is 4.20. The van der Waals surface area contributed by atoms with Crippen LogP contribution >= 0.6 is 0 Å². The molecule has 0 aliphatic rings. The van der Waals surface area contributed by atoms with Crippen LogP contribution in [0.4, 0.5) is 0 Å². The number of benzene rings is 1. The fourth-order valence-electron chi connectivity index (χ4n) is 1.90. The lowest BCUT2D eigenvalue weighted by atomic mass is 10.1. The minimum Gasteiger partial charge on any atom is -0.497 e. The number of rotatable bonds is 4. The summed E-state index contributed by atoms with van der Waals surface area (Å²) in [6.45, 7) is 3.92. The molecule has 0 unspecified atom stereocenters. The summed E-state index contributed by atoms with van der Waals surface area (Å²) in [6.07, 6.45) is 3.68. The Balaban J connectivity index is 2.39. The van der Waals surface area contributed by atoms with Crippen LogP contribution in [-0.2, 0) is 9.53 Å². The Labute approximate surface area is 112 Å². The first kappa shape index (κ1) is 13.2. The number of hydrogen-bond acceptors (Lipinski definition) is 3. The maximum atomic E-state index is 11.6. The molecule has 4 heteroatoms. The van der Waals surface area contributed by atoms with Gasteiger partial charge in [-0.25, -0.2) is 4.79 Å². The molecule has 0 aliphatic carbocycles. The third-order valence-corrected chi connectivity index (χ3v) is 2.89. The Morgan fingerprint density at radius 3 is 2.89 bits per heavy atom. The van der Waals surface area contributed by atoms with Gasteiger partial charge in [-0.2, -0.15) is 0 Å². The van der Waals surface area contributed by atoms with Crippen LogP contribution in [0.25, 0.3) is 17.0 Å². The monoisotopic (exact) mass is 259 g/mol. The first-order valence-corrected chi connectivity index (χ1v) is 6.16. The van der Waals surface area contributed by atoms with Gasteiger partial charge in [0.25, 0.3) is 0 Å². The molecule has 0 radical (unpaired) electrons. The van der Waals surface area contributed by atoms with Crippen LogP contribution in [0.15, 0.2) is 30.0 Å². The fraction of sp³-hybridized carbons (Fsp3) is 0.267. The molecule has 0 amide bonds. The molecule has 1 N–H and O–H groups in total. The first-order valence-electron chi connectivity index (χ1n) is 6.16. The maximum Gasteiger partial charge on any atom is 0.333 e. The molecule has 100 valence electrons. The van der Waals surface area contributed by atoms with Crippen LogP contribution in [0, 0.1) is 0 Å². The van der Waals surface area contributed by atoms with Gasteiger partial charge in [0, 0.05) is 28.2 Å². The van der Waals surface area contributed by atoms with E-state index in [1.165, 1.54) is 0 Å². The number of carbonyl (C=O) groups excluding carboxylic acids is 1. The van der Waals surface area contributed by atoms with Gasteiger partial charge in [0.05, 0.1) is 13.7 Å². The van der Waals surface area contributed by atoms with Gasteiger partial charge in [-0.15, -0.1) is 0 Å². The van der Waals surface area contributed by atoms with Crippen molar-refractivity contribution in [3.63, 3.8) is 0 Å². The van der Waals surface area contributed by atoms with E-state index in [4.69, 9.17) is 9.47 Å². The molecule has 0 saturated carbocycles. The third-order valence-electron chi connectivity index (χ3n) is 2.89. The van der Waals surface area contributed by atoms with Gasteiger partial charge in [0.1, 0.15) is 5.75 Å². The predicted molar refractivity (Wildman–Crippen MR) is 75.1 cm³/mol. The van der Waals surface area contributed by atoms with Gasteiger partial charge in [0.15, 0.2) is 0 Å². The highest BCUT2D eigenvalue weighted by atomic mass is 16.5. The lowest BCUT2D eigenvalue weighted by molar-refractivity contribution is -0.138. The normalized spacial score (nSPS) is 11.6. The number of H-pyrrole nitrogens is 1. The van der Waals surface area contributed by atoms with E-state index < -0.39 is 0 Å². The molecule has 2 aromatic rings. The molecule has 0 aliphatic heterocycles. The Morgan fingerprint density at radius 2 is 2.21 bits per heavy atom. The molecule has 0 atom stereocenters.